The first-order valence-corrected chi connectivity index (χ1v) is 8.67. The Balaban J connectivity index is 1.42. The third-order valence-corrected chi connectivity index (χ3v) is 4.78. The molecule has 0 saturated carbocycles. The molecule has 4 rings (SSSR count). The minimum absolute atomic E-state index is 0.0747. The molecule has 0 spiro atoms. The Bertz CT molecular complexity index is 974. The van der Waals surface area contributed by atoms with E-state index in [1.54, 1.807) is 6.07 Å². The minimum Gasteiger partial charge on any atom is -0.475 e. The fourth-order valence-electron chi connectivity index (χ4n) is 3.46. The van der Waals surface area contributed by atoms with E-state index < -0.39 is 17.6 Å². The molecule has 3 aromatic rings. The molecule has 7 heteroatoms. The van der Waals surface area contributed by atoms with Crippen molar-refractivity contribution in [2.24, 2.45) is 0 Å². The maximum atomic E-state index is 13.3. The van der Waals surface area contributed by atoms with Gasteiger partial charge in [0.15, 0.2) is 0 Å². The zero-order valence-corrected chi connectivity index (χ0v) is 14.5. The van der Waals surface area contributed by atoms with Gasteiger partial charge in [-0.25, -0.2) is 13.6 Å². The molecular weight excluding hydrogens is 354 g/mol. The highest BCUT2D eigenvalue weighted by Crippen LogP contribution is 2.26. The summed E-state index contributed by atoms with van der Waals surface area (Å²) >= 11 is 0. The van der Waals surface area contributed by atoms with Crippen molar-refractivity contribution in [2.45, 2.75) is 6.54 Å². The maximum Gasteiger partial charge on any atom is 0.371 e. The van der Waals surface area contributed by atoms with Crippen molar-refractivity contribution < 1.29 is 23.1 Å². The first-order valence-electron chi connectivity index (χ1n) is 8.67. The molecule has 2 aromatic carbocycles. The van der Waals surface area contributed by atoms with Crippen LogP contribution in [-0.4, -0.2) is 42.2 Å². The van der Waals surface area contributed by atoms with Gasteiger partial charge in [0.05, 0.1) is 0 Å². The van der Waals surface area contributed by atoms with Crippen molar-refractivity contribution in [1.82, 2.24) is 4.90 Å². The molecule has 2 heterocycles. The Labute approximate surface area is 154 Å². The van der Waals surface area contributed by atoms with Gasteiger partial charge < -0.3 is 14.4 Å². The standard InChI is InChI=1S/C20H18F2N2O3/c21-15-7-13(8-16(22)11-15)12-23-3-5-24(6-4-23)17-1-2-18-14(9-17)10-19(27-18)20(25)26/h1-2,7-11H,3-6,12H2,(H,25,26). The Morgan fingerprint density at radius 1 is 1.00 bits per heavy atom. The quantitative estimate of drug-likeness (QED) is 0.756. The number of fused-ring (bicyclic) bond motifs is 1. The number of rotatable bonds is 4. The van der Waals surface area contributed by atoms with Crippen LogP contribution in [0.15, 0.2) is 46.9 Å². The first kappa shape index (κ1) is 17.5. The number of carboxylic acid groups (broad SMARTS) is 1. The van der Waals surface area contributed by atoms with Gasteiger partial charge in [-0.15, -0.1) is 0 Å². The summed E-state index contributed by atoms with van der Waals surface area (Å²) < 4.78 is 32.0. The van der Waals surface area contributed by atoms with Crippen LogP contribution < -0.4 is 4.90 Å². The molecule has 1 aliphatic heterocycles. The molecule has 1 aliphatic rings. The highest BCUT2D eigenvalue weighted by atomic mass is 19.1. The number of nitrogens with zero attached hydrogens (tertiary/aromatic N) is 2. The lowest BCUT2D eigenvalue weighted by molar-refractivity contribution is 0.0665. The Kier molecular flexibility index (Phi) is 4.53. The van der Waals surface area contributed by atoms with Crippen LogP contribution >= 0.6 is 0 Å². The summed E-state index contributed by atoms with van der Waals surface area (Å²) in [6, 6.07) is 10.7. The van der Waals surface area contributed by atoms with Gasteiger partial charge in [-0.2, -0.15) is 0 Å². The number of furan rings is 1. The lowest BCUT2D eigenvalue weighted by atomic mass is 10.1. The number of carbonyl (C=O) groups is 1. The van der Waals surface area contributed by atoms with Crippen molar-refractivity contribution in [3.05, 3.63) is 65.4 Å². The first-order chi connectivity index (χ1) is 13.0. The third kappa shape index (κ3) is 3.78. The van der Waals surface area contributed by atoms with Crippen LogP contribution in [0, 0.1) is 11.6 Å². The molecule has 0 radical (unpaired) electrons. The van der Waals surface area contributed by atoms with Crippen molar-refractivity contribution in [2.75, 3.05) is 31.1 Å². The van der Waals surface area contributed by atoms with Gasteiger partial charge in [0.25, 0.3) is 0 Å². The molecule has 1 N–H and O–H groups in total. The van der Waals surface area contributed by atoms with E-state index in [1.807, 2.05) is 12.1 Å². The zero-order chi connectivity index (χ0) is 19.0. The molecule has 1 aromatic heterocycles. The molecular formula is C20H18F2N2O3. The Hall–Kier alpha value is -2.93. The SMILES string of the molecule is O=C(O)c1cc2cc(N3CCN(Cc4cc(F)cc(F)c4)CC3)ccc2o1. The average molecular weight is 372 g/mol. The average Bonchev–Trinajstić information content (AvgIpc) is 3.05. The molecule has 0 aliphatic carbocycles. The number of hydrogen-bond acceptors (Lipinski definition) is 4. The number of anilines is 1. The smallest absolute Gasteiger partial charge is 0.371 e. The minimum atomic E-state index is -1.09. The van der Waals surface area contributed by atoms with Gasteiger partial charge in [-0.1, -0.05) is 0 Å². The normalized spacial score (nSPS) is 15.4. The summed E-state index contributed by atoms with van der Waals surface area (Å²) in [6.07, 6.45) is 0. The van der Waals surface area contributed by atoms with Gasteiger partial charge in [0.2, 0.25) is 5.76 Å². The lowest BCUT2D eigenvalue weighted by Crippen LogP contribution is -2.45. The van der Waals surface area contributed by atoms with E-state index in [0.29, 0.717) is 17.7 Å². The van der Waals surface area contributed by atoms with Gasteiger partial charge in [0, 0.05) is 49.9 Å². The molecule has 0 bridgehead atoms. The van der Waals surface area contributed by atoms with E-state index in [9.17, 15) is 13.6 Å². The molecule has 27 heavy (non-hydrogen) atoms. The predicted molar refractivity (Wildman–Crippen MR) is 97.0 cm³/mol. The molecule has 0 unspecified atom stereocenters. The van der Waals surface area contributed by atoms with Crippen molar-refractivity contribution >= 4 is 22.6 Å². The number of benzene rings is 2. The molecule has 0 amide bonds. The lowest BCUT2D eigenvalue weighted by Gasteiger charge is -2.36. The second kappa shape index (κ2) is 7.00. The van der Waals surface area contributed by atoms with Crippen molar-refractivity contribution in [3.8, 4) is 0 Å². The summed E-state index contributed by atoms with van der Waals surface area (Å²) in [4.78, 5) is 15.4. The summed E-state index contributed by atoms with van der Waals surface area (Å²) in [7, 11) is 0. The van der Waals surface area contributed by atoms with Crippen molar-refractivity contribution in [3.63, 3.8) is 0 Å². The van der Waals surface area contributed by atoms with E-state index in [0.717, 1.165) is 43.3 Å². The van der Waals surface area contributed by atoms with E-state index in [2.05, 4.69) is 9.80 Å². The summed E-state index contributed by atoms with van der Waals surface area (Å²) in [5.74, 6) is -2.28. The number of piperazine rings is 1. The maximum absolute atomic E-state index is 13.3. The fourth-order valence-corrected chi connectivity index (χ4v) is 3.46. The summed E-state index contributed by atoms with van der Waals surface area (Å²) in [5, 5.41) is 9.78. The van der Waals surface area contributed by atoms with Crippen LogP contribution in [-0.2, 0) is 6.54 Å². The van der Waals surface area contributed by atoms with Gasteiger partial charge >= 0.3 is 5.97 Å². The predicted octanol–water partition coefficient (Wildman–Crippen LogP) is 3.73. The Morgan fingerprint density at radius 2 is 1.70 bits per heavy atom. The summed E-state index contributed by atoms with van der Waals surface area (Å²) in [6.45, 7) is 3.58. The second-order valence-electron chi connectivity index (χ2n) is 6.68. The molecule has 1 saturated heterocycles. The van der Waals surface area contributed by atoms with Crippen LogP contribution in [0.4, 0.5) is 14.5 Å². The van der Waals surface area contributed by atoms with Crippen LogP contribution in [0.5, 0.6) is 0 Å². The fraction of sp³-hybridized carbons (Fsp3) is 0.250. The van der Waals surface area contributed by atoms with Crippen LogP contribution in [0.2, 0.25) is 0 Å². The van der Waals surface area contributed by atoms with Gasteiger partial charge in [-0.3, -0.25) is 4.90 Å². The van der Waals surface area contributed by atoms with E-state index >= 15 is 0 Å². The molecule has 140 valence electrons. The third-order valence-electron chi connectivity index (χ3n) is 4.78. The number of carboxylic acids is 1. The van der Waals surface area contributed by atoms with Crippen LogP contribution in [0.25, 0.3) is 11.0 Å². The zero-order valence-electron chi connectivity index (χ0n) is 14.5. The highest BCUT2D eigenvalue weighted by molar-refractivity contribution is 5.92. The van der Waals surface area contributed by atoms with Gasteiger partial charge in [0.1, 0.15) is 17.2 Å². The van der Waals surface area contributed by atoms with Crippen LogP contribution in [0.3, 0.4) is 0 Å². The largest absolute Gasteiger partial charge is 0.475 e. The topological polar surface area (TPSA) is 56.9 Å². The number of hydrogen-bond donors (Lipinski definition) is 1. The highest BCUT2D eigenvalue weighted by Gasteiger charge is 2.19. The van der Waals surface area contributed by atoms with E-state index in [1.165, 1.54) is 18.2 Å². The summed E-state index contributed by atoms with van der Waals surface area (Å²) in [5.41, 5.74) is 2.17. The molecule has 5 nitrogen and oxygen atoms in total. The van der Waals surface area contributed by atoms with Crippen LogP contribution in [0.1, 0.15) is 16.1 Å². The van der Waals surface area contributed by atoms with Gasteiger partial charge in [-0.05, 0) is 42.0 Å². The number of aromatic carboxylic acids is 1. The van der Waals surface area contributed by atoms with E-state index in [4.69, 9.17) is 9.52 Å². The molecule has 1 fully saturated rings. The molecule has 0 atom stereocenters. The number of halogens is 2. The Morgan fingerprint density at radius 3 is 2.37 bits per heavy atom. The second-order valence-corrected chi connectivity index (χ2v) is 6.68. The monoisotopic (exact) mass is 372 g/mol. The van der Waals surface area contributed by atoms with Crippen molar-refractivity contribution in [1.29, 1.82) is 0 Å². The van der Waals surface area contributed by atoms with E-state index in [-0.39, 0.29) is 5.76 Å².